The van der Waals surface area contributed by atoms with Gasteiger partial charge in [-0.05, 0) is 28.8 Å². The number of aromatic nitrogens is 1. The molecule has 5 heteroatoms. The molecule has 1 aromatic heterocycles. The molecule has 0 spiro atoms. The van der Waals surface area contributed by atoms with E-state index in [2.05, 4.69) is 10.3 Å². The van der Waals surface area contributed by atoms with E-state index in [0.29, 0.717) is 31.0 Å². The maximum Gasteiger partial charge on any atom is 0.248 e. The Balaban J connectivity index is 1.53. The maximum atomic E-state index is 11.9. The first kappa shape index (κ1) is 19.9. The minimum atomic E-state index is -0.717. The molecule has 0 amide bonds. The molecule has 0 radical (unpaired) electrons. The van der Waals surface area contributed by atoms with Crippen molar-refractivity contribution in [1.29, 1.82) is 0 Å². The minimum Gasteiger partial charge on any atom is -0.487 e. The van der Waals surface area contributed by atoms with Crippen molar-refractivity contribution in [2.75, 3.05) is 6.54 Å². The molecule has 0 saturated carbocycles. The highest BCUT2D eigenvalue weighted by atomic mass is 16.5. The first-order valence-corrected chi connectivity index (χ1v) is 9.96. The first-order chi connectivity index (χ1) is 14.7. The molecule has 0 fully saturated rings. The van der Waals surface area contributed by atoms with Gasteiger partial charge in [0.25, 0.3) is 0 Å². The lowest BCUT2D eigenvalue weighted by molar-refractivity contribution is 0.176. The Morgan fingerprint density at radius 2 is 1.57 bits per heavy atom. The Morgan fingerprint density at radius 1 is 0.867 bits per heavy atom. The zero-order chi connectivity index (χ0) is 20.8. The fourth-order valence-corrected chi connectivity index (χ4v) is 3.45. The van der Waals surface area contributed by atoms with Crippen molar-refractivity contribution < 1.29 is 9.84 Å². The van der Waals surface area contributed by atoms with E-state index < -0.39 is 6.10 Å². The van der Waals surface area contributed by atoms with Gasteiger partial charge in [-0.15, -0.1) is 0 Å². The molecule has 0 bridgehead atoms. The molecule has 0 saturated heterocycles. The van der Waals surface area contributed by atoms with Gasteiger partial charge in [0.05, 0.1) is 11.6 Å². The number of H-pyrrole nitrogens is 1. The zero-order valence-electron chi connectivity index (χ0n) is 16.5. The molecule has 4 rings (SSSR count). The van der Waals surface area contributed by atoms with Gasteiger partial charge in [-0.25, -0.2) is 0 Å². The topological polar surface area (TPSA) is 74.3 Å². The summed E-state index contributed by atoms with van der Waals surface area (Å²) in [7, 11) is 0. The van der Waals surface area contributed by atoms with Crippen molar-refractivity contribution in [2.45, 2.75) is 19.3 Å². The van der Waals surface area contributed by atoms with Gasteiger partial charge in [0.15, 0.2) is 0 Å². The van der Waals surface area contributed by atoms with E-state index in [4.69, 9.17) is 4.74 Å². The fourth-order valence-electron chi connectivity index (χ4n) is 3.45. The predicted octanol–water partition coefficient (Wildman–Crippen LogP) is 3.93. The van der Waals surface area contributed by atoms with Crippen LogP contribution in [0.4, 0.5) is 0 Å². The normalized spacial score (nSPS) is 12.0. The van der Waals surface area contributed by atoms with E-state index in [1.54, 1.807) is 12.1 Å². The van der Waals surface area contributed by atoms with Crippen LogP contribution in [0.25, 0.3) is 10.9 Å². The number of aliphatic hydroxyl groups is 1. The number of aromatic amines is 1. The summed E-state index contributed by atoms with van der Waals surface area (Å²) >= 11 is 0. The van der Waals surface area contributed by atoms with Crippen LogP contribution in [-0.2, 0) is 13.2 Å². The summed E-state index contributed by atoms with van der Waals surface area (Å²) in [5.74, 6) is 0.583. The summed E-state index contributed by atoms with van der Waals surface area (Å²) in [5.41, 5.74) is 3.33. The highest BCUT2D eigenvalue weighted by molar-refractivity contribution is 5.87. The Hall–Kier alpha value is -3.41. The van der Waals surface area contributed by atoms with Crippen LogP contribution in [0, 0.1) is 0 Å². The van der Waals surface area contributed by atoms with Gasteiger partial charge >= 0.3 is 0 Å². The Bertz CT molecular complexity index is 1160. The highest BCUT2D eigenvalue weighted by Crippen LogP contribution is 2.30. The van der Waals surface area contributed by atoms with Crippen molar-refractivity contribution in [3.8, 4) is 5.75 Å². The van der Waals surface area contributed by atoms with Crippen LogP contribution in [-0.4, -0.2) is 16.6 Å². The number of aliphatic hydroxyl groups excluding tert-OH is 1. The summed E-state index contributed by atoms with van der Waals surface area (Å²) in [6.45, 7) is 1.46. The standard InChI is InChI=1S/C25H24N2O3/c28-22(16-26-15-18-7-3-1-4-8-18)20-11-13-23(25-21(20)12-14-24(29)27-25)30-17-19-9-5-2-6-10-19/h1-14,22,26,28H,15-17H2,(H,27,29)/t22-/m0/s1. The second-order valence-corrected chi connectivity index (χ2v) is 7.17. The monoisotopic (exact) mass is 400 g/mol. The third-order valence-electron chi connectivity index (χ3n) is 5.00. The average molecular weight is 400 g/mol. The maximum absolute atomic E-state index is 11.9. The predicted molar refractivity (Wildman–Crippen MR) is 118 cm³/mol. The van der Waals surface area contributed by atoms with E-state index in [1.165, 1.54) is 6.07 Å². The molecule has 30 heavy (non-hydrogen) atoms. The number of hydrogen-bond acceptors (Lipinski definition) is 4. The van der Waals surface area contributed by atoms with Gasteiger partial charge in [-0.2, -0.15) is 0 Å². The second-order valence-electron chi connectivity index (χ2n) is 7.17. The molecule has 0 aliphatic carbocycles. The molecule has 152 valence electrons. The van der Waals surface area contributed by atoms with Crippen LogP contribution in [0.15, 0.2) is 89.7 Å². The molecule has 3 N–H and O–H groups in total. The molecular formula is C25H24N2O3. The largest absolute Gasteiger partial charge is 0.487 e. The number of rotatable bonds is 8. The zero-order valence-corrected chi connectivity index (χ0v) is 16.5. The molecule has 4 aromatic rings. The van der Waals surface area contributed by atoms with Crippen molar-refractivity contribution in [2.24, 2.45) is 0 Å². The van der Waals surface area contributed by atoms with Crippen LogP contribution in [0.2, 0.25) is 0 Å². The third-order valence-corrected chi connectivity index (χ3v) is 5.00. The van der Waals surface area contributed by atoms with E-state index in [9.17, 15) is 9.90 Å². The van der Waals surface area contributed by atoms with E-state index in [1.807, 2.05) is 66.7 Å². The molecule has 1 atom stereocenters. The number of hydrogen-bond donors (Lipinski definition) is 3. The number of benzene rings is 3. The average Bonchev–Trinajstić information content (AvgIpc) is 2.78. The van der Waals surface area contributed by atoms with E-state index in [0.717, 1.165) is 22.1 Å². The SMILES string of the molecule is O=c1ccc2c([C@@H](O)CNCc3ccccc3)ccc(OCc3ccccc3)c2[nH]1. The van der Waals surface area contributed by atoms with Crippen LogP contribution in [0.3, 0.4) is 0 Å². The van der Waals surface area contributed by atoms with Gasteiger partial charge in [0.2, 0.25) is 5.56 Å². The molecule has 3 aromatic carbocycles. The minimum absolute atomic E-state index is 0.207. The summed E-state index contributed by atoms with van der Waals surface area (Å²) in [5, 5.41) is 14.8. The summed E-state index contributed by atoms with van der Waals surface area (Å²) in [6, 6.07) is 26.8. The van der Waals surface area contributed by atoms with Crippen LogP contribution >= 0.6 is 0 Å². The molecule has 5 nitrogen and oxygen atoms in total. The Kier molecular flexibility index (Phi) is 6.23. The van der Waals surface area contributed by atoms with Crippen molar-refractivity contribution in [1.82, 2.24) is 10.3 Å². The van der Waals surface area contributed by atoms with Crippen LogP contribution in [0.5, 0.6) is 5.75 Å². The molecule has 0 aliphatic heterocycles. The van der Waals surface area contributed by atoms with E-state index >= 15 is 0 Å². The molecular weight excluding hydrogens is 376 g/mol. The third kappa shape index (κ3) is 4.76. The van der Waals surface area contributed by atoms with Gasteiger partial charge < -0.3 is 20.1 Å². The van der Waals surface area contributed by atoms with Gasteiger partial charge in [0.1, 0.15) is 12.4 Å². The van der Waals surface area contributed by atoms with Gasteiger partial charge in [-0.1, -0.05) is 66.7 Å². The number of ether oxygens (including phenoxy) is 1. The van der Waals surface area contributed by atoms with Crippen molar-refractivity contribution in [3.05, 3.63) is 112 Å². The van der Waals surface area contributed by atoms with Crippen LogP contribution < -0.4 is 15.6 Å². The Labute approximate surface area is 175 Å². The first-order valence-electron chi connectivity index (χ1n) is 9.96. The summed E-state index contributed by atoms with van der Waals surface area (Å²) < 4.78 is 5.97. The molecule has 1 heterocycles. The number of fused-ring (bicyclic) bond motifs is 1. The summed E-state index contributed by atoms with van der Waals surface area (Å²) in [6.07, 6.45) is -0.717. The number of nitrogens with one attached hydrogen (secondary N) is 2. The van der Waals surface area contributed by atoms with E-state index in [-0.39, 0.29) is 5.56 Å². The molecule has 0 aliphatic rings. The summed E-state index contributed by atoms with van der Waals surface area (Å²) in [4.78, 5) is 14.8. The van der Waals surface area contributed by atoms with Crippen LogP contribution in [0.1, 0.15) is 22.8 Å². The lowest BCUT2D eigenvalue weighted by atomic mass is 10.0. The van der Waals surface area contributed by atoms with Crippen molar-refractivity contribution >= 4 is 10.9 Å². The fraction of sp³-hybridized carbons (Fsp3) is 0.160. The Morgan fingerprint density at radius 3 is 2.30 bits per heavy atom. The lowest BCUT2D eigenvalue weighted by Gasteiger charge is -2.17. The van der Waals surface area contributed by atoms with Gasteiger partial charge in [0, 0.05) is 24.5 Å². The van der Waals surface area contributed by atoms with Crippen molar-refractivity contribution in [3.63, 3.8) is 0 Å². The lowest BCUT2D eigenvalue weighted by Crippen LogP contribution is -2.21. The number of pyridine rings is 1. The molecule has 0 unspecified atom stereocenters. The smallest absolute Gasteiger partial charge is 0.248 e. The quantitative estimate of drug-likeness (QED) is 0.419. The second kappa shape index (κ2) is 9.39. The highest BCUT2D eigenvalue weighted by Gasteiger charge is 2.15. The van der Waals surface area contributed by atoms with Gasteiger partial charge in [-0.3, -0.25) is 4.79 Å².